The number of aryl methyl sites for hydroxylation is 1. The van der Waals surface area contributed by atoms with Gasteiger partial charge in [0.15, 0.2) is 0 Å². The molecule has 1 heterocycles. The molecule has 0 saturated heterocycles. The number of amides is 2. The normalized spacial score (nSPS) is 10.6. The zero-order valence-corrected chi connectivity index (χ0v) is 17.6. The Kier molecular flexibility index (Phi) is 7.44. The van der Waals surface area contributed by atoms with Gasteiger partial charge in [-0.2, -0.15) is 0 Å². The van der Waals surface area contributed by atoms with E-state index in [1.807, 2.05) is 74.5 Å². The molecule has 0 aliphatic carbocycles. The number of benzene rings is 2. The van der Waals surface area contributed by atoms with Gasteiger partial charge >= 0.3 is 0 Å². The summed E-state index contributed by atoms with van der Waals surface area (Å²) in [6.07, 6.45) is 0.780. The summed E-state index contributed by atoms with van der Waals surface area (Å²) in [5, 5.41) is 0. The molecule has 0 unspecified atom stereocenters. The zero-order valence-electron chi connectivity index (χ0n) is 17.6. The molecule has 30 heavy (non-hydrogen) atoms. The maximum Gasteiger partial charge on any atom is 0.254 e. The van der Waals surface area contributed by atoms with Crippen molar-refractivity contribution in [3.05, 3.63) is 95.4 Å². The molecule has 0 atom stereocenters. The number of nitrogens with zero attached hydrogens (tertiary/aromatic N) is 2. The number of carbonyl (C=O) groups excluding carboxylic acids is 2. The first kappa shape index (κ1) is 21.4. The Morgan fingerprint density at radius 2 is 1.50 bits per heavy atom. The SMILES string of the molecule is CCCN(CC(=O)N(Cc1ccccc1)Cc1ccc(C)o1)C(=O)c1ccccc1. The summed E-state index contributed by atoms with van der Waals surface area (Å²) in [5.74, 6) is 1.31. The largest absolute Gasteiger partial charge is 0.464 e. The molecular weight excluding hydrogens is 376 g/mol. The van der Waals surface area contributed by atoms with E-state index in [1.165, 1.54) is 0 Å². The highest BCUT2D eigenvalue weighted by Gasteiger charge is 2.23. The minimum Gasteiger partial charge on any atom is -0.464 e. The van der Waals surface area contributed by atoms with Gasteiger partial charge in [0, 0.05) is 18.7 Å². The summed E-state index contributed by atoms with van der Waals surface area (Å²) in [5.41, 5.74) is 1.63. The Morgan fingerprint density at radius 1 is 0.833 bits per heavy atom. The second-order valence-electron chi connectivity index (χ2n) is 7.34. The van der Waals surface area contributed by atoms with Crippen LogP contribution in [0.4, 0.5) is 0 Å². The first-order valence-electron chi connectivity index (χ1n) is 10.3. The second-order valence-corrected chi connectivity index (χ2v) is 7.34. The first-order valence-corrected chi connectivity index (χ1v) is 10.3. The Morgan fingerprint density at radius 3 is 2.10 bits per heavy atom. The van der Waals surface area contributed by atoms with Crippen molar-refractivity contribution in [1.29, 1.82) is 0 Å². The standard InChI is InChI=1S/C25H28N2O3/c1-3-16-26(25(29)22-12-8-5-9-13-22)19-24(28)27(17-21-10-6-4-7-11-21)18-23-15-14-20(2)30-23/h4-15H,3,16-19H2,1-2H3. The maximum absolute atomic E-state index is 13.3. The van der Waals surface area contributed by atoms with E-state index >= 15 is 0 Å². The third-order valence-corrected chi connectivity index (χ3v) is 4.84. The number of furan rings is 1. The van der Waals surface area contributed by atoms with E-state index in [2.05, 4.69) is 0 Å². The fourth-order valence-corrected chi connectivity index (χ4v) is 3.34. The molecule has 0 aliphatic heterocycles. The van der Waals surface area contributed by atoms with E-state index in [0.29, 0.717) is 25.2 Å². The predicted molar refractivity (Wildman–Crippen MR) is 117 cm³/mol. The molecule has 0 fully saturated rings. The van der Waals surface area contributed by atoms with Crippen molar-refractivity contribution in [3.8, 4) is 0 Å². The van der Waals surface area contributed by atoms with Crippen LogP contribution in [-0.2, 0) is 17.9 Å². The molecule has 0 bridgehead atoms. The van der Waals surface area contributed by atoms with Gasteiger partial charge in [0.2, 0.25) is 5.91 Å². The molecule has 0 aliphatic rings. The van der Waals surface area contributed by atoms with Crippen molar-refractivity contribution in [3.63, 3.8) is 0 Å². The Bertz CT molecular complexity index is 951. The van der Waals surface area contributed by atoms with E-state index in [0.717, 1.165) is 23.5 Å². The van der Waals surface area contributed by atoms with Gasteiger partial charge in [0.1, 0.15) is 18.1 Å². The molecule has 156 valence electrons. The van der Waals surface area contributed by atoms with Gasteiger partial charge in [-0.3, -0.25) is 9.59 Å². The van der Waals surface area contributed by atoms with Gasteiger partial charge in [-0.05, 0) is 43.2 Å². The van der Waals surface area contributed by atoms with Gasteiger partial charge in [-0.1, -0.05) is 55.5 Å². The quantitative estimate of drug-likeness (QED) is 0.521. The van der Waals surface area contributed by atoms with Crippen LogP contribution in [0.1, 0.15) is 40.8 Å². The highest BCUT2D eigenvalue weighted by atomic mass is 16.3. The van der Waals surface area contributed by atoms with Gasteiger partial charge in [-0.15, -0.1) is 0 Å². The van der Waals surface area contributed by atoms with Gasteiger partial charge in [0.25, 0.3) is 5.91 Å². The van der Waals surface area contributed by atoms with Crippen LogP contribution in [0, 0.1) is 6.92 Å². The molecule has 0 N–H and O–H groups in total. The van der Waals surface area contributed by atoms with E-state index < -0.39 is 0 Å². The smallest absolute Gasteiger partial charge is 0.254 e. The van der Waals surface area contributed by atoms with Crippen molar-refractivity contribution in [2.45, 2.75) is 33.4 Å². The monoisotopic (exact) mass is 404 g/mol. The highest BCUT2D eigenvalue weighted by molar-refractivity contribution is 5.96. The van der Waals surface area contributed by atoms with Crippen molar-refractivity contribution in [1.82, 2.24) is 9.80 Å². The van der Waals surface area contributed by atoms with Crippen LogP contribution in [0.5, 0.6) is 0 Å². The summed E-state index contributed by atoms with van der Waals surface area (Å²) in [6, 6.07) is 22.7. The fourth-order valence-electron chi connectivity index (χ4n) is 3.34. The van der Waals surface area contributed by atoms with E-state index in [-0.39, 0.29) is 18.4 Å². The lowest BCUT2D eigenvalue weighted by atomic mass is 10.2. The summed E-state index contributed by atoms with van der Waals surface area (Å²) in [4.78, 5) is 29.6. The molecule has 0 radical (unpaired) electrons. The molecule has 2 aromatic carbocycles. The Hall–Kier alpha value is -3.34. The summed E-state index contributed by atoms with van der Waals surface area (Å²) in [7, 11) is 0. The molecule has 3 rings (SSSR count). The van der Waals surface area contributed by atoms with E-state index in [4.69, 9.17) is 4.42 Å². The Balaban J connectivity index is 1.78. The first-order chi connectivity index (χ1) is 14.6. The van der Waals surface area contributed by atoms with Crippen LogP contribution >= 0.6 is 0 Å². The summed E-state index contributed by atoms with van der Waals surface area (Å²) >= 11 is 0. The molecular formula is C25H28N2O3. The van der Waals surface area contributed by atoms with Crippen LogP contribution in [0.3, 0.4) is 0 Å². The molecule has 3 aromatic rings. The molecule has 5 nitrogen and oxygen atoms in total. The molecule has 0 saturated carbocycles. The Labute approximate surface area is 177 Å². The number of carbonyl (C=O) groups is 2. The summed E-state index contributed by atoms with van der Waals surface area (Å²) in [6.45, 7) is 5.27. The zero-order chi connectivity index (χ0) is 21.3. The lowest BCUT2D eigenvalue weighted by Crippen LogP contribution is -2.42. The topological polar surface area (TPSA) is 53.8 Å². The van der Waals surface area contributed by atoms with Crippen LogP contribution in [-0.4, -0.2) is 34.7 Å². The van der Waals surface area contributed by atoms with Gasteiger partial charge in [0.05, 0.1) is 6.54 Å². The number of hydrogen-bond acceptors (Lipinski definition) is 3. The average molecular weight is 405 g/mol. The van der Waals surface area contributed by atoms with Crippen molar-refractivity contribution in [2.24, 2.45) is 0 Å². The fraction of sp³-hybridized carbons (Fsp3) is 0.280. The number of rotatable bonds is 9. The van der Waals surface area contributed by atoms with Crippen LogP contribution in [0.25, 0.3) is 0 Å². The van der Waals surface area contributed by atoms with Gasteiger partial charge in [-0.25, -0.2) is 0 Å². The van der Waals surface area contributed by atoms with E-state index in [1.54, 1.807) is 21.9 Å². The lowest BCUT2D eigenvalue weighted by Gasteiger charge is -2.27. The van der Waals surface area contributed by atoms with Crippen LogP contribution < -0.4 is 0 Å². The minimum atomic E-state index is -0.126. The summed E-state index contributed by atoms with van der Waals surface area (Å²) < 4.78 is 5.70. The third-order valence-electron chi connectivity index (χ3n) is 4.84. The molecule has 0 spiro atoms. The predicted octanol–water partition coefficient (Wildman–Crippen LogP) is 4.67. The second kappa shape index (κ2) is 10.4. The maximum atomic E-state index is 13.3. The average Bonchev–Trinajstić information content (AvgIpc) is 3.18. The lowest BCUT2D eigenvalue weighted by molar-refractivity contribution is -0.133. The van der Waals surface area contributed by atoms with Crippen molar-refractivity contribution in [2.75, 3.05) is 13.1 Å². The van der Waals surface area contributed by atoms with Crippen molar-refractivity contribution < 1.29 is 14.0 Å². The third kappa shape index (κ3) is 5.83. The molecule has 5 heteroatoms. The molecule has 1 aromatic heterocycles. The minimum absolute atomic E-state index is 0.0358. The van der Waals surface area contributed by atoms with Crippen LogP contribution in [0.2, 0.25) is 0 Å². The van der Waals surface area contributed by atoms with E-state index in [9.17, 15) is 9.59 Å². The van der Waals surface area contributed by atoms with Crippen molar-refractivity contribution >= 4 is 11.8 Å². The highest BCUT2D eigenvalue weighted by Crippen LogP contribution is 2.14. The number of hydrogen-bond donors (Lipinski definition) is 0. The van der Waals surface area contributed by atoms with Crippen LogP contribution in [0.15, 0.2) is 77.2 Å². The molecule has 2 amide bonds. The van der Waals surface area contributed by atoms with Gasteiger partial charge < -0.3 is 14.2 Å².